The molecule has 1 aromatic heterocycles. The van der Waals surface area contributed by atoms with Gasteiger partial charge in [-0.2, -0.15) is 0 Å². The number of nitrogens with zero attached hydrogens (tertiary/aromatic N) is 2. The highest BCUT2D eigenvalue weighted by Crippen LogP contribution is 2.19. The van der Waals surface area contributed by atoms with E-state index in [4.69, 9.17) is 4.74 Å². The van der Waals surface area contributed by atoms with E-state index in [-0.39, 0.29) is 18.4 Å². The molecule has 0 spiro atoms. The molecule has 21 heavy (non-hydrogen) atoms. The first-order chi connectivity index (χ1) is 10.1. The van der Waals surface area contributed by atoms with Crippen LogP contribution in [0.3, 0.4) is 0 Å². The molecule has 1 atom stereocenters. The largest absolute Gasteiger partial charge is 0.377 e. The molecule has 7 heteroatoms. The standard InChI is InChI=1S/C14H20BrN3O3/c1-3-4-17-8-10(15)7-11(17)14(20)18-5-6-21-9-12(18)13(19)16-2/h7-8,12H,3-6,9H2,1-2H3,(H,16,19). The summed E-state index contributed by atoms with van der Waals surface area (Å²) in [6.07, 6.45) is 2.83. The highest BCUT2D eigenvalue weighted by atomic mass is 79.9. The van der Waals surface area contributed by atoms with Gasteiger partial charge in [-0.1, -0.05) is 6.92 Å². The molecule has 0 saturated carbocycles. The first-order valence-corrected chi connectivity index (χ1v) is 7.83. The molecule has 1 aliphatic heterocycles. The molecule has 6 nitrogen and oxygen atoms in total. The highest BCUT2D eigenvalue weighted by Gasteiger charge is 2.34. The first kappa shape index (κ1) is 16.0. The topological polar surface area (TPSA) is 63.6 Å². The molecule has 2 rings (SSSR count). The van der Waals surface area contributed by atoms with E-state index in [1.54, 1.807) is 18.0 Å². The van der Waals surface area contributed by atoms with Crippen LogP contribution in [0.5, 0.6) is 0 Å². The number of aromatic nitrogens is 1. The summed E-state index contributed by atoms with van der Waals surface area (Å²) in [4.78, 5) is 26.3. The highest BCUT2D eigenvalue weighted by molar-refractivity contribution is 9.10. The second kappa shape index (κ2) is 7.09. The van der Waals surface area contributed by atoms with Crippen molar-refractivity contribution < 1.29 is 14.3 Å². The van der Waals surface area contributed by atoms with Crippen molar-refractivity contribution in [3.05, 3.63) is 22.4 Å². The lowest BCUT2D eigenvalue weighted by Crippen LogP contribution is -2.55. The molecule has 1 aromatic rings. The number of ether oxygens (including phenoxy) is 1. The van der Waals surface area contributed by atoms with Crippen molar-refractivity contribution in [2.75, 3.05) is 26.8 Å². The lowest BCUT2D eigenvalue weighted by atomic mass is 10.2. The van der Waals surface area contributed by atoms with Crippen molar-refractivity contribution in [2.45, 2.75) is 25.9 Å². The van der Waals surface area contributed by atoms with Crippen LogP contribution in [0.15, 0.2) is 16.7 Å². The van der Waals surface area contributed by atoms with Crippen LogP contribution >= 0.6 is 15.9 Å². The van der Waals surface area contributed by atoms with Crippen LogP contribution in [0.2, 0.25) is 0 Å². The van der Waals surface area contributed by atoms with Gasteiger partial charge >= 0.3 is 0 Å². The monoisotopic (exact) mass is 357 g/mol. The number of morpholine rings is 1. The smallest absolute Gasteiger partial charge is 0.271 e. The molecule has 2 amide bonds. The third-order valence-electron chi connectivity index (χ3n) is 3.49. The van der Waals surface area contributed by atoms with Gasteiger partial charge in [-0.05, 0) is 28.4 Å². The van der Waals surface area contributed by atoms with Gasteiger partial charge in [-0.25, -0.2) is 0 Å². The summed E-state index contributed by atoms with van der Waals surface area (Å²) in [6.45, 7) is 3.94. The minimum atomic E-state index is -0.569. The maximum atomic E-state index is 12.8. The van der Waals surface area contributed by atoms with Crippen molar-refractivity contribution in [1.82, 2.24) is 14.8 Å². The molecule has 0 bridgehead atoms. The minimum Gasteiger partial charge on any atom is -0.377 e. The Kier molecular flexibility index (Phi) is 5.41. The molecule has 0 aromatic carbocycles. The summed E-state index contributed by atoms with van der Waals surface area (Å²) in [7, 11) is 1.57. The van der Waals surface area contributed by atoms with Crippen LogP contribution < -0.4 is 5.32 Å². The number of amides is 2. The summed E-state index contributed by atoms with van der Waals surface area (Å²) >= 11 is 3.41. The first-order valence-electron chi connectivity index (χ1n) is 7.04. The van der Waals surface area contributed by atoms with Gasteiger partial charge in [0, 0.05) is 30.8 Å². The fraction of sp³-hybridized carbons (Fsp3) is 0.571. The third kappa shape index (κ3) is 3.47. The maximum Gasteiger partial charge on any atom is 0.271 e. The molecular weight excluding hydrogens is 338 g/mol. The van der Waals surface area contributed by atoms with Crippen LogP contribution in [0.1, 0.15) is 23.8 Å². The molecule has 1 unspecified atom stereocenters. The van der Waals surface area contributed by atoms with Crippen molar-refractivity contribution in [3.63, 3.8) is 0 Å². The number of nitrogens with one attached hydrogen (secondary N) is 1. The Labute approximate surface area is 132 Å². The number of hydrogen-bond donors (Lipinski definition) is 1. The zero-order chi connectivity index (χ0) is 15.4. The Morgan fingerprint density at radius 1 is 1.52 bits per heavy atom. The molecule has 1 aliphatic rings. The predicted molar refractivity (Wildman–Crippen MR) is 82.1 cm³/mol. The van der Waals surface area contributed by atoms with Crippen LogP contribution in [0.25, 0.3) is 0 Å². The number of likely N-dealkylation sites (N-methyl/N-ethyl adjacent to an activating group) is 1. The van der Waals surface area contributed by atoms with Crippen molar-refractivity contribution in [3.8, 4) is 0 Å². The summed E-state index contributed by atoms with van der Waals surface area (Å²) in [5.41, 5.74) is 0.597. The van der Waals surface area contributed by atoms with Gasteiger partial charge in [0.05, 0.1) is 13.2 Å². The van der Waals surface area contributed by atoms with E-state index in [1.165, 1.54) is 0 Å². The molecule has 2 heterocycles. The molecule has 0 aliphatic carbocycles. The van der Waals surface area contributed by atoms with E-state index < -0.39 is 6.04 Å². The van der Waals surface area contributed by atoms with Gasteiger partial charge in [-0.3, -0.25) is 9.59 Å². The Bertz CT molecular complexity index is 530. The lowest BCUT2D eigenvalue weighted by Gasteiger charge is -2.34. The normalized spacial score (nSPS) is 18.6. The van der Waals surface area contributed by atoms with E-state index in [9.17, 15) is 9.59 Å². The van der Waals surface area contributed by atoms with Crippen molar-refractivity contribution in [2.24, 2.45) is 0 Å². The van der Waals surface area contributed by atoms with E-state index in [1.807, 2.05) is 10.8 Å². The van der Waals surface area contributed by atoms with Gasteiger partial charge in [0.25, 0.3) is 5.91 Å². The fourth-order valence-corrected chi connectivity index (χ4v) is 2.92. The average Bonchev–Trinajstić information content (AvgIpc) is 2.87. The summed E-state index contributed by atoms with van der Waals surface area (Å²) < 4.78 is 8.12. The van der Waals surface area contributed by atoms with E-state index in [2.05, 4.69) is 28.2 Å². The van der Waals surface area contributed by atoms with Crippen molar-refractivity contribution in [1.29, 1.82) is 0 Å². The molecule has 1 saturated heterocycles. The summed E-state index contributed by atoms with van der Waals surface area (Å²) in [5, 5.41) is 2.59. The van der Waals surface area contributed by atoms with Gasteiger partial charge in [0.1, 0.15) is 11.7 Å². The molecule has 116 valence electrons. The van der Waals surface area contributed by atoms with Gasteiger partial charge in [0.15, 0.2) is 0 Å². The van der Waals surface area contributed by atoms with Crippen LogP contribution in [0.4, 0.5) is 0 Å². The fourth-order valence-electron chi connectivity index (χ4n) is 2.46. The zero-order valence-electron chi connectivity index (χ0n) is 12.3. The number of aryl methyl sites for hydroxylation is 1. The van der Waals surface area contributed by atoms with Gasteiger partial charge < -0.3 is 19.5 Å². The van der Waals surface area contributed by atoms with Crippen LogP contribution in [-0.2, 0) is 16.1 Å². The average molecular weight is 358 g/mol. The van der Waals surface area contributed by atoms with E-state index in [0.717, 1.165) is 17.4 Å². The van der Waals surface area contributed by atoms with E-state index >= 15 is 0 Å². The molecule has 0 radical (unpaired) electrons. The Morgan fingerprint density at radius 2 is 2.29 bits per heavy atom. The Balaban J connectivity index is 2.26. The minimum absolute atomic E-state index is 0.133. The number of hydrogen-bond acceptors (Lipinski definition) is 3. The van der Waals surface area contributed by atoms with Crippen LogP contribution in [-0.4, -0.2) is 54.1 Å². The van der Waals surface area contributed by atoms with Gasteiger partial charge in [0.2, 0.25) is 5.91 Å². The number of carbonyl (C=O) groups is 2. The van der Waals surface area contributed by atoms with E-state index in [0.29, 0.717) is 18.8 Å². The Hall–Kier alpha value is -1.34. The second-order valence-corrected chi connectivity index (χ2v) is 5.86. The zero-order valence-corrected chi connectivity index (χ0v) is 13.9. The SMILES string of the molecule is CCCn1cc(Br)cc1C(=O)N1CCOCC1C(=O)NC. The quantitative estimate of drug-likeness (QED) is 0.881. The molecular formula is C14H20BrN3O3. The third-order valence-corrected chi connectivity index (χ3v) is 3.92. The number of rotatable bonds is 4. The lowest BCUT2D eigenvalue weighted by molar-refractivity contribution is -0.130. The second-order valence-electron chi connectivity index (χ2n) is 4.94. The van der Waals surface area contributed by atoms with Crippen LogP contribution in [0, 0.1) is 0 Å². The predicted octanol–water partition coefficient (Wildman–Crippen LogP) is 1.25. The Morgan fingerprint density at radius 3 is 2.95 bits per heavy atom. The molecule has 1 fully saturated rings. The number of halogens is 1. The number of carbonyl (C=O) groups excluding carboxylic acids is 2. The maximum absolute atomic E-state index is 12.8. The van der Waals surface area contributed by atoms with Gasteiger partial charge in [-0.15, -0.1) is 0 Å². The van der Waals surface area contributed by atoms with Crippen molar-refractivity contribution >= 4 is 27.7 Å². The summed E-state index contributed by atoms with van der Waals surface area (Å²) in [6, 6.07) is 1.23. The summed E-state index contributed by atoms with van der Waals surface area (Å²) in [5.74, 6) is -0.332. The molecule has 1 N–H and O–H groups in total.